The van der Waals surface area contributed by atoms with Crippen LogP contribution in [0.4, 0.5) is 0 Å². The van der Waals surface area contributed by atoms with Gasteiger partial charge in [-0.25, -0.2) is 4.79 Å². The predicted octanol–water partition coefficient (Wildman–Crippen LogP) is 3.96. The van der Waals surface area contributed by atoms with Crippen molar-refractivity contribution in [3.63, 3.8) is 0 Å². The topological polar surface area (TPSA) is 118 Å². The van der Waals surface area contributed by atoms with Gasteiger partial charge in [0.05, 0.1) is 12.2 Å². The van der Waals surface area contributed by atoms with Crippen LogP contribution in [-0.2, 0) is 10.2 Å². The van der Waals surface area contributed by atoms with Crippen molar-refractivity contribution in [2.75, 3.05) is 0 Å². The standard InChI is InChI=1S/C15H16O2.C9H16O4/c1-15(2,11-3-7-13(16)8-4-11)12-5-9-14(17)10-6-12;1-6(10)3-8(4-7(2)11)5-9(12)13/h3-10,16-17H,1-2H3;5-7,10-11H,3-4H2,1-2H3,(H,12,13). The Morgan fingerprint density at radius 2 is 1.17 bits per heavy atom. The zero-order valence-electron chi connectivity index (χ0n) is 17.9. The van der Waals surface area contributed by atoms with Gasteiger partial charge in [0.2, 0.25) is 0 Å². The van der Waals surface area contributed by atoms with Gasteiger partial charge in [0, 0.05) is 11.5 Å². The number of carbonyl (C=O) groups is 1. The first-order valence-corrected chi connectivity index (χ1v) is 9.79. The van der Waals surface area contributed by atoms with Crippen molar-refractivity contribution < 1.29 is 30.3 Å². The quantitative estimate of drug-likeness (QED) is 0.436. The van der Waals surface area contributed by atoms with E-state index in [0.717, 1.165) is 17.2 Å². The predicted molar refractivity (Wildman–Crippen MR) is 117 cm³/mol. The maximum Gasteiger partial charge on any atom is 0.328 e. The fourth-order valence-electron chi connectivity index (χ4n) is 3.06. The lowest BCUT2D eigenvalue weighted by Crippen LogP contribution is -2.18. The Balaban J connectivity index is 0.000000314. The average molecular weight is 417 g/mol. The van der Waals surface area contributed by atoms with Crippen LogP contribution < -0.4 is 0 Å². The molecule has 0 aliphatic rings. The number of carboxylic acid groups (broad SMARTS) is 1. The van der Waals surface area contributed by atoms with Gasteiger partial charge in [-0.05, 0) is 62.1 Å². The van der Waals surface area contributed by atoms with Gasteiger partial charge in [0.15, 0.2) is 0 Å². The number of hydrogen-bond donors (Lipinski definition) is 5. The van der Waals surface area contributed by atoms with Crippen molar-refractivity contribution in [3.8, 4) is 11.5 Å². The molecule has 0 aliphatic carbocycles. The number of carboxylic acids is 1. The molecule has 0 fully saturated rings. The zero-order valence-corrected chi connectivity index (χ0v) is 17.9. The molecule has 164 valence electrons. The first-order chi connectivity index (χ1) is 13.9. The maximum atomic E-state index is 10.3. The number of aliphatic hydroxyl groups is 2. The minimum atomic E-state index is -1.05. The summed E-state index contributed by atoms with van der Waals surface area (Å²) in [5.74, 6) is -0.498. The van der Waals surface area contributed by atoms with Crippen molar-refractivity contribution in [1.29, 1.82) is 0 Å². The van der Waals surface area contributed by atoms with E-state index < -0.39 is 18.2 Å². The van der Waals surface area contributed by atoms with Crippen LogP contribution in [0.1, 0.15) is 51.7 Å². The lowest BCUT2D eigenvalue weighted by atomic mass is 9.78. The van der Waals surface area contributed by atoms with Crippen molar-refractivity contribution in [2.45, 2.75) is 58.2 Å². The number of rotatable bonds is 7. The average Bonchev–Trinajstić information content (AvgIpc) is 2.61. The summed E-state index contributed by atoms with van der Waals surface area (Å²) < 4.78 is 0. The van der Waals surface area contributed by atoms with Crippen molar-refractivity contribution in [1.82, 2.24) is 0 Å². The molecule has 0 bridgehead atoms. The Labute approximate surface area is 177 Å². The highest BCUT2D eigenvalue weighted by Crippen LogP contribution is 2.32. The van der Waals surface area contributed by atoms with Crippen LogP contribution in [0.25, 0.3) is 0 Å². The fraction of sp³-hybridized carbons (Fsp3) is 0.375. The third-order valence-corrected chi connectivity index (χ3v) is 4.62. The van der Waals surface area contributed by atoms with Crippen LogP contribution in [0.2, 0.25) is 0 Å². The SMILES string of the molecule is CC(C)(c1ccc(O)cc1)c1ccc(O)cc1.CC(O)CC(=CC(=O)O)CC(C)O. The lowest BCUT2D eigenvalue weighted by molar-refractivity contribution is -0.131. The summed E-state index contributed by atoms with van der Waals surface area (Å²) in [5.41, 5.74) is 2.65. The minimum Gasteiger partial charge on any atom is -0.508 e. The third-order valence-electron chi connectivity index (χ3n) is 4.62. The molecule has 2 unspecified atom stereocenters. The summed E-state index contributed by atoms with van der Waals surface area (Å²) in [6, 6.07) is 14.4. The van der Waals surface area contributed by atoms with Crippen molar-refractivity contribution in [2.24, 2.45) is 0 Å². The zero-order chi connectivity index (χ0) is 22.9. The highest BCUT2D eigenvalue weighted by atomic mass is 16.4. The lowest BCUT2D eigenvalue weighted by Gasteiger charge is -2.26. The molecule has 0 amide bonds. The van der Waals surface area contributed by atoms with Gasteiger partial charge in [0.1, 0.15) is 11.5 Å². The van der Waals surface area contributed by atoms with Gasteiger partial charge >= 0.3 is 5.97 Å². The van der Waals surface area contributed by atoms with E-state index in [4.69, 9.17) is 15.3 Å². The molecule has 0 saturated carbocycles. The summed E-state index contributed by atoms with van der Waals surface area (Å²) in [6.45, 7) is 7.40. The van der Waals surface area contributed by atoms with Crippen molar-refractivity contribution >= 4 is 5.97 Å². The second kappa shape index (κ2) is 11.4. The molecule has 2 aromatic carbocycles. The highest BCUT2D eigenvalue weighted by molar-refractivity contribution is 5.80. The van der Waals surface area contributed by atoms with Crippen LogP contribution in [0.3, 0.4) is 0 Å². The molecule has 0 saturated heterocycles. The second-order valence-electron chi connectivity index (χ2n) is 7.97. The monoisotopic (exact) mass is 416 g/mol. The smallest absolute Gasteiger partial charge is 0.328 e. The third kappa shape index (κ3) is 8.68. The first-order valence-electron chi connectivity index (χ1n) is 9.79. The van der Waals surface area contributed by atoms with Gasteiger partial charge in [0.25, 0.3) is 0 Å². The molecule has 2 aromatic rings. The Morgan fingerprint density at radius 1 is 0.833 bits per heavy atom. The largest absolute Gasteiger partial charge is 0.508 e. The van der Waals surface area contributed by atoms with Gasteiger partial charge < -0.3 is 25.5 Å². The fourth-order valence-corrected chi connectivity index (χ4v) is 3.06. The summed E-state index contributed by atoms with van der Waals surface area (Å²) in [7, 11) is 0. The molecule has 2 rings (SSSR count). The second-order valence-corrected chi connectivity index (χ2v) is 7.97. The summed E-state index contributed by atoms with van der Waals surface area (Å²) in [6.07, 6.45) is 0.460. The number of aliphatic hydroxyl groups excluding tert-OH is 2. The molecule has 30 heavy (non-hydrogen) atoms. The van der Waals surface area contributed by atoms with E-state index in [-0.39, 0.29) is 29.8 Å². The van der Waals surface area contributed by atoms with Crippen LogP contribution in [0.15, 0.2) is 60.2 Å². The summed E-state index contributed by atoms with van der Waals surface area (Å²) in [4.78, 5) is 10.3. The molecule has 0 radical (unpaired) electrons. The van der Waals surface area contributed by atoms with E-state index in [1.54, 1.807) is 38.1 Å². The number of hydrogen-bond acceptors (Lipinski definition) is 5. The van der Waals surface area contributed by atoms with E-state index in [1.165, 1.54) is 0 Å². The molecular weight excluding hydrogens is 384 g/mol. The molecule has 0 heterocycles. The van der Waals surface area contributed by atoms with E-state index in [0.29, 0.717) is 5.57 Å². The van der Waals surface area contributed by atoms with E-state index in [1.807, 2.05) is 24.3 Å². The Morgan fingerprint density at radius 3 is 1.43 bits per heavy atom. The Kier molecular flexibility index (Phi) is 9.56. The first kappa shape index (κ1) is 25.2. The molecular formula is C24H32O6. The van der Waals surface area contributed by atoms with Gasteiger partial charge in [-0.2, -0.15) is 0 Å². The van der Waals surface area contributed by atoms with Crippen molar-refractivity contribution in [3.05, 3.63) is 71.3 Å². The molecule has 5 N–H and O–H groups in total. The highest BCUT2D eigenvalue weighted by Gasteiger charge is 2.22. The van der Waals surface area contributed by atoms with E-state index >= 15 is 0 Å². The van der Waals surface area contributed by atoms with Gasteiger partial charge in [-0.15, -0.1) is 0 Å². The molecule has 2 atom stereocenters. The van der Waals surface area contributed by atoms with Gasteiger partial charge in [-0.3, -0.25) is 0 Å². The van der Waals surface area contributed by atoms with Crippen LogP contribution >= 0.6 is 0 Å². The molecule has 0 aliphatic heterocycles. The summed E-state index contributed by atoms with van der Waals surface area (Å²) >= 11 is 0. The number of phenolic OH excluding ortho intramolecular Hbond substituents is 2. The molecule has 6 nitrogen and oxygen atoms in total. The number of aliphatic carboxylic acids is 1. The van der Waals surface area contributed by atoms with E-state index in [9.17, 15) is 15.0 Å². The number of aromatic hydroxyl groups is 2. The molecule has 6 heteroatoms. The van der Waals surface area contributed by atoms with Crippen LogP contribution in [-0.4, -0.2) is 43.7 Å². The van der Waals surface area contributed by atoms with Crippen LogP contribution in [0.5, 0.6) is 11.5 Å². The maximum absolute atomic E-state index is 10.3. The van der Waals surface area contributed by atoms with Crippen LogP contribution in [0, 0.1) is 0 Å². The van der Waals surface area contributed by atoms with Gasteiger partial charge in [-0.1, -0.05) is 43.7 Å². The number of phenols is 2. The minimum absolute atomic E-state index is 0.151. The molecule has 0 aromatic heterocycles. The van der Waals surface area contributed by atoms with E-state index in [2.05, 4.69) is 13.8 Å². The summed E-state index contributed by atoms with van der Waals surface area (Å²) in [5, 5.41) is 45.1. The Hall–Kier alpha value is -2.83. The molecule has 0 spiro atoms. The number of benzene rings is 2. The normalized spacial score (nSPS) is 12.9. The Bertz CT molecular complexity index is 758.